The minimum Gasteiger partial charge on any atom is -0.378 e. The first-order valence-electron chi connectivity index (χ1n) is 10.0. The molecule has 1 saturated heterocycles. The fourth-order valence-corrected chi connectivity index (χ4v) is 4.63. The molecule has 0 radical (unpaired) electrons. The molecule has 1 amide bonds. The fraction of sp³-hybridized carbons (Fsp3) is 0.895. The number of piperidine rings is 1. The van der Waals surface area contributed by atoms with E-state index in [4.69, 9.17) is 4.74 Å². The van der Waals surface area contributed by atoms with Crippen molar-refractivity contribution in [2.45, 2.75) is 77.5 Å². The molecular formula is C19H35IN4O2. The number of halogens is 1. The molecule has 3 aliphatic rings. The van der Waals surface area contributed by atoms with Gasteiger partial charge in [-0.05, 0) is 46.0 Å². The number of carbonyl (C=O) groups excluding carboxylic acids is 1. The first-order valence-corrected chi connectivity index (χ1v) is 10.0. The number of carbonyl (C=O) groups is 1. The maximum absolute atomic E-state index is 11.5. The third-order valence-corrected chi connectivity index (χ3v) is 6.35. The smallest absolute Gasteiger partial charge is 0.219 e. The topological polar surface area (TPSA) is 66.0 Å². The van der Waals surface area contributed by atoms with Gasteiger partial charge in [-0.15, -0.1) is 24.0 Å². The molecule has 1 aliphatic heterocycles. The van der Waals surface area contributed by atoms with E-state index in [1.807, 2.05) is 4.90 Å². The molecule has 150 valence electrons. The van der Waals surface area contributed by atoms with E-state index in [0.29, 0.717) is 23.6 Å². The highest BCUT2D eigenvalue weighted by atomic mass is 127. The summed E-state index contributed by atoms with van der Waals surface area (Å²) < 4.78 is 5.95. The number of likely N-dealkylation sites (tertiary alicyclic amines) is 1. The van der Waals surface area contributed by atoms with Crippen molar-refractivity contribution >= 4 is 35.8 Å². The van der Waals surface area contributed by atoms with E-state index in [0.717, 1.165) is 51.5 Å². The zero-order valence-corrected chi connectivity index (χ0v) is 18.8. The van der Waals surface area contributed by atoms with Crippen LogP contribution in [-0.2, 0) is 9.53 Å². The molecule has 2 aliphatic carbocycles. The molecule has 1 heterocycles. The number of nitrogens with one attached hydrogen (secondary N) is 2. The van der Waals surface area contributed by atoms with Crippen LogP contribution in [0.5, 0.6) is 0 Å². The van der Waals surface area contributed by atoms with Crippen LogP contribution < -0.4 is 10.6 Å². The van der Waals surface area contributed by atoms with Crippen molar-refractivity contribution in [3.05, 3.63) is 0 Å². The van der Waals surface area contributed by atoms with E-state index < -0.39 is 0 Å². The van der Waals surface area contributed by atoms with Gasteiger partial charge < -0.3 is 20.3 Å². The van der Waals surface area contributed by atoms with Crippen LogP contribution in [0.3, 0.4) is 0 Å². The second-order valence-electron chi connectivity index (χ2n) is 7.71. The summed E-state index contributed by atoms with van der Waals surface area (Å²) in [7, 11) is 0. The van der Waals surface area contributed by atoms with Gasteiger partial charge in [0.1, 0.15) is 0 Å². The van der Waals surface area contributed by atoms with Crippen molar-refractivity contribution in [2.75, 3.05) is 26.2 Å². The normalized spacial score (nSPS) is 28.0. The fourth-order valence-electron chi connectivity index (χ4n) is 4.63. The summed E-state index contributed by atoms with van der Waals surface area (Å²) in [5.74, 6) is 1.12. The van der Waals surface area contributed by atoms with Gasteiger partial charge in [0.15, 0.2) is 5.96 Å². The maximum Gasteiger partial charge on any atom is 0.219 e. The number of nitrogens with zero attached hydrogens (tertiary/aromatic N) is 2. The Balaban J connectivity index is 0.00000243. The summed E-state index contributed by atoms with van der Waals surface area (Å²) in [6, 6.07) is 0.876. The first-order chi connectivity index (χ1) is 12.1. The lowest BCUT2D eigenvalue weighted by molar-refractivity contribution is -0.168. The number of hydrogen-bond donors (Lipinski definition) is 2. The summed E-state index contributed by atoms with van der Waals surface area (Å²) in [4.78, 5) is 18.1. The van der Waals surface area contributed by atoms with Crippen molar-refractivity contribution in [3.63, 3.8) is 0 Å². The molecule has 26 heavy (non-hydrogen) atoms. The lowest BCUT2D eigenvalue weighted by atomic mass is 9.51. The van der Waals surface area contributed by atoms with Crippen LogP contribution in [0.15, 0.2) is 4.99 Å². The van der Waals surface area contributed by atoms with Crippen molar-refractivity contribution in [1.82, 2.24) is 15.5 Å². The lowest BCUT2D eigenvalue weighted by Gasteiger charge is -2.61. The maximum atomic E-state index is 11.5. The van der Waals surface area contributed by atoms with E-state index in [-0.39, 0.29) is 29.9 Å². The molecule has 2 N–H and O–H groups in total. The molecule has 2 atom stereocenters. The molecule has 0 bridgehead atoms. The second kappa shape index (κ2) is 9.57. The van der Waals surface area contributed by atoms with E-state index >= 15 is 0 Å². The molecule has 1 spiro atoms. The van der Waals surface area contributed by atoms with E-state index in [1.165, 1.54) is 19.3 Å². The van der Waals surface area contributed by atoms with Gasteiger partial charge in [-0.1, -0.05) is 6.42 Å². The van der Waals surface area contributed by atoms with Gasteiger partial charge in [-0.3, -0.25) is 9.79 Å². The van der Waals surface area contributed by atoms with Gasteiger partial charge in [0.05, 0.1) is 6.10 Å². The van der Waals surface area contributed by atoms with Crippen LogP contribution in [0.25, 0.3) is 0 Å². The Kier molecular flexibility index (Phi) is 8.00. The van der Waals surface area contributed by atoms with Crippen LogP contribution in [0.4, 0.5) is 0 Å². The van der Waals surface area contributed by atoms with E-state index in [9.17, 15) is 4.79 Å². The predicted molar refractivity (Wildman–Crippen MR) is 115 cm³/mol. The zero-order chi connectivity index (χ0) is 17.9. The summed E-state index contributed by atoms with van der Waals surface area (Å²) in [5.41, 5.74) is 0.337. The first kappa shape index (κ1) is 21.7. The largest absolute Gasteiger partial charge is 0.378 e. The standard InChI is InChI=1S/C19H34N4O2.HI/c1-4-20-18(21-15-7-11-23(12-8-15)14(3)24)22-16-13-17(25-5-2)19(16)9-6-10-19;/h15-17H,4-13H2,1-3H3,(H2,20,21,22);1H. The van der Waals surface area contributed by atoms with Gasteiger partial charge >= 0.3 is 0 Å². The van der Waals surface area contributed by atoms with Crippen LogP contribution >= 0.6 is 24.0 Å². The van der Waals surface area contributed by atoms with Crippen molar-refractivity contribution in [1.29, 1.82) is 0 Å². The molecule has 3 rings (SSSR count). The summed E-state index contributed by atoms with van der Waals surface area (Å²) in [6.45, 7) is 9.08. The minimum atomic E-state index is 0. The van der Waals surface area contributed by atoms with Gasteiger partial charge in [-0.2, -0.15) is 0 Å². The zero-order valence-electron chi connectivity index (χ0n) is 16.4. The molecular weight excluding hydrogens is 443 g/mol. The number of ether oxygens (including phenoxy) is 1. The highest BCUT2D eigenvalue weighted by Crippen LogP contribution is 2.57. The van der Waals surface area contributed by atoms with Crippen LogP contribution in [0.1, 0.15) is 59.3 Å². The summed E-state index contributed by atoms with van der Waals surface area (Å²) in [6.07, 6.45) is 7.34. The SMILES string of the molecule is CCN=C(NC1CCN(C(C)=O)CC1)NC1CC(OCC)C12CCC2.I. The number of guanidine groups is 1. The number of hydrogen-bond acceptors (Lipinski definition) is 3. The summed E-state index contributed by atoms with van der Waals surface area (Å²) in [5, 5.41) is 7.30. The van der Waals surface area contributed by atoms with Crippen molar-refractivity contribution in [2.24, 2.45) is 10.4 Å². The Morgan fingerprint density at radius 3 is 2.42 bits per heavy atom. The van der Waals surface area contributed by atoms with Gasteiger partial charge in [0, 0.05) is 50.7 Å². The van der Waals surface area contributed by atoms with Gasteiger partial charge in [-0.25, -0.2) is 0 Å². The highest BCUT2D eigenvalue weighted by Gasteiger charge is 2.59. The molecule has 2 saturated carbocycles. The van der Waals surface area contributed by atoms with E-state index in [2.05, 4.69) is 29.5 Å². The Hall–Kier alpha value is -0.570. The second-order valence-corrected chi connectivity index (χ2v) is 7.71. The van der Waals surface area contributed by atoms with Gasteiger partial charge in [0.25, 0.3) is 0 Å². The minimum absolute atomic E-state index is 0. The average Bonchev–Trinajstić information content (AvgIpc) is 2.53. The third-order valence-electron chi connectivity index (χ3n) is 6.35. The quantitative estimate of drug-likeness (QED) is 0.362. The molecule has 0 aromatic carbocycles. The van der Waals surface area contributed by atoms with Crippen LogP contribution in [0.2, 0.25) is 0 Å². The Labute approximate surface area is 174 Å². The monoisotopic (exact) mass is 478 g/mol. The Bertz CT molecular complexity index is 502. The van der Waals surface area contributed by atoms with Crippen molar-refractivity contribution < 1.29 is 9.53 Å². The lowest BCUT2D eigenvalue weighted by Crippen LogP contribution is -2.69. The molecule has 2 unspecified atom stereocenters. The van der Waals surface area contributed by atoms with E-state index in [1.54, 1.807) is 6.92 Å². The molecule has 3 fully saturated rings. The number of aliphatic imine (C=N–C) groups is 1. The average molecular weight is 478 g/mol. The van der Waals surface area contributed by atoms with Crippen molar-refractivity contribution in [3.8, 4) is 0 Å². The molecule has 7 heteroatoms. The van der Waals surface area contributed by atoms with Gasteiger partial charge in [0.2, 0.25) is 5.91 Å². The molecule has 0 aromatic heterocycles. The third kappa shape index (κ3) is 4.46. The Morgan fingerprint density at radius 1 is 1.23 bits per heavy atom. The summed E-state index contributed by atoms with van der Waals surface area (Å²) >= 11 is 0. The Morgan fingerprint density at radius 2 is 1.92 bits per heavy atom. The van der Waals surface area contributed by atoms with Crippen LogP contribution in [-0.4, -0.2) is 61.2 Å². The van der Waals surface area contributed by atoms with Crippen LogP contribution in [0, 0.1) is 5.41 Å². The predicted octanol–water partition coefficient (Wildman–Crippen LogP) is 2.52. The highest BCUT2D eigenvalue weighted by molar-refractivity contribution is 14.0. The molecule has 6 nitrogen and oxygen atoms in total. The molecule has 0 aromatic rings. The number of amides is 1. The number of rotatable bonds is 5.